The zero-order valence-corrected chi connectivity index (χ0v) is 17.7. The number of anilines is 2. The van der Waals surface area contributed by atoms with Crippen molar-refractivity contribution in [3.63, 3.8) is 0 Å². The number of carbonyl (C=O) groups is 2. The number of carboxylic acids is 1. The van der Waals surface area contributed by atoms with Gasteiger partial charge in [0.2, 0.25) is 5.91 Å². The van der Waals surface area contributed by atoms with E-state index in [0.29, 0.717) is 12.0 Å². The average molecular weight is 449 g/mol. The lowest BCUT2D eigenvalue weighted by Gasteiger charge is -2.24. The summed E-state index contributed by atoms with van der Waals surface area (Å²) in [7, 11) is -3.96. The maximum absolute atomic E-state index is 12.9. The summed E-state index contributed by atoms with van der Waals surface area (Å²) in [6.45, 7) is 1.64. The monoisotopic (exact) mass is 448 g/mol. The zero-order valence-electron chi connectivity index (χ0n) is 16.1. The van der Waals surface area contributed by atoms with Crippen LogP contribution >= 0.6 is 11.6 Å². The van der Waals surface area contributed by atoms with Crippen molar-refractivity contribution >= 4 is 44.9 Å². The molecular formula is C21H21ClN2O5S. The molecule has 158 valence electrons. The zero-order chi connectivity index (χ0) is 21.9. The standard InChI is InChI=1S/C21H21ClN2O5S/c1-13-10-11-14(23-20(25)15-6-2-3-7-16(15)21(26)27)12-19(13)30(28,29)24-18-9-5-4-8-17(18)22/h2-5,8-12,15-16,24H,6-7H2,1H3,(H,23,25)(H,26,27)/t15-,16-/m1/s1. The summed E-state index contributed by atoms with van der Waals surface area (Å²) in [5.74, 6) is -3.03. The second kappa shape index (κ2) is 8.89. The van der Waals surface area contributed by atoms with Gasteiger partial charge in [0.05, 0.1) is 27.4 Å². The minimum absolute atomic E-state index is 0.0152. The molecule has 7 nitrogen and oxygen atoms in total. The van der Waals surface area contributed by atoms with Crippen LogP contribution in [-0.4, -0.2) is 25.4 Å². The number of allylic oxidation sites excluding steroid dienone is 2. The molecule has 3 N–H and O–H groups in total. The highest BCUT2D eigenvalue weighted by Crippen LogP contribution is 2.29. The minimum Gasteiger partial charge on any atom is -0.481 e. The van der Waals surface area contributed by atoms with E-state index in [1.807, 2.05) is 0 Å². The first kappa shape index (κ1) is 21.9. The van der Waals surface area contributed by atoms with Crippen LogP contribution in [0.4, 0.5) is 11.4 Å². The van der Waals surface area contributed by atoms with Gasteiger partial charge >= 0.3 is 5.97 Å². The van der Waals surface area contributed by atoms with Crippen LogP contribution in [0.15, 0.2) is 59.5 Å². The van der Waals surface area contributed by atoms with E-state index in [1.54, 1.807) is 55.5 Å². The number of hydrogen-bond donors (Lipinski definition) is 3. The Morgan fingerprint density at radius 3 is 2.40 bits per heavy atom. The summed E-state index contributed by atoms with van der Waals surface area (Å²) in [6, 6.07) is 11.0. The van der Waals surface area contributed by atoms with Crippen molar-refractivity contribution in [3.8, 4) is 0 Å². The number of carboxylic acid groups (broad SMARTS) is 1. The molecular weight excluding hydrogens is 428 g/mol. The van der Waals surface area contributed by atoms with E-state index in [0.717, 1.165) is 0 Å². The Labute approximate surface area is 179 Å². The van der Waals surface area contributed by atoms with Crippen molar-refractivity contribution in [2.45, 2.75) is 24.7 Å². The van der Waals surface area contributed by atoms with Gasteiger partial charge in [0.15, 0.2) is 0 Å². The number of para-hydroxylation sites is 1. The Hall–Kier alpha value is -2.84. The third-order valence-electron chi connectivity index (χ3n) is 4.95. The molecule has 0 bridgehead atoms. The van der Waals surface area contributed by atoms with Crippen molar-refractivity contribution in [3.05, 3.63) is 65.2 Å². The first-order valence-corrected chi connectivity index (χ1v) is 11.1. The fourth-order valence-electron chi connectivity index (χ4n) is 3.32. The molecule has 2 aromatic rings. The smallest absolute Gasteiger partial charge is 0.307 e. The van der Waals surface area contributed by atoms with Gasteiger partial charge in [-0.15, -0.1) is 0 Å². The van der Waals surface area contributed by atoms with Crippen LogP contribution in [0.1, 0.15) is 18.4 Å². The molecule has 0 saturated carbocycles. The van der Waals surface area contributed by atoms with Crippen molar-refractivity contribution in [2.75, 3.05) is 10.0 Å². The van der Waals surface area contributed by atoms with Gasteiger partial charge in [-0.05, 0) is 49.6 Å². The highest BCUT2D eigenvalue weighted by molar-refractivity contribution is 7.92. The molecule has 0 aliphatic heterocycles. The second-order valence-electron chi connectivity index (χ2n) is 7.05. The van der Waals surface area contributed by atoms with Crippen molar-refractivity contribution in [1.82, 2.24) is 0 Å². The van der Waals surface area contributed by atoms with Gasteiger partial charge in [-0.25, -0.2) is 8.42 Å². The number of aliphatic carboxylic acids is 1. The third kappa shape index (κ3) is 4.83. The number of hydrogen-bond acceptors (Lipinski definition) is 4. The number of sulfonamides is 1. The molecule has 1 amide bonds. The lowest BCUT2D eigenvalue weighted by Crippen LogP contribution is -2.34. The third-order valence-corrected chi connectivity index (χ3v) is 6.79. The van der Waals surface area contributed by atoms with E-state index in [1.165, 1.54) is 6.07 Å². The first-order chi connectivity index (χ1) is 14.2. The fraction of sp³-hybridized carbons (Fsp3) is 0.238. The Morgan fingerprint density at radius 2 is 1.73 bits per heavy atom. The highest BCUT2D eigenvalue weighted by Gasteiger charge is 2.34. The molecule has 2 aromatic carbocycles. The largest absolute Gasteiger partial charge is 0.481 e. The molecule has 0 heterocycles. The number of aryl methyl sites for hydroxylation is 1. The summed E-state index contributed by atoms with van der Waals surface area (Å²) >= 11 is 6.05. The van der Waals surface area contributed by atoms with Crippen LogP contribution in [0.2, 0.25) is 5.02 Å². The molecule has 0 unspecified atom stereocenters. The molecule has 0 fully saturated rings. The van der Waals surface area contributed by atoms with E-state index in [9.17, 15) is 23.1 Å². The lowest BCUT2D eigenvalue weighted by atomic mass is 9.82. The molecule has 0 saturated heterocycles. The van der Waals surface area contributed by atoms with E-state index in [-0.39, 0.29) is 27.7 Å². The van der Waals surface area contributed by atoms with Gasteiger partial charge in [0.1, 0.15) is 0 Å². The van der Waals surface area contributed by atoms with E-state index < -0.39 is 33.7 Å². The number of benzene rings is 2. The molecule has 2 atom stereocenters. The SMILES string of the molecule is Cc1ccc(NC(=O)[C@@H]2CC=CC[C@H]2C(=O)O)cc1S(=O)(=O)Nc1ccccc1Cl. The Kier molecular flexibility index (Phi) is 6.48. The quantitative estimate of drug-likeness (QED) is 0.577. The summed E-state index contributed by atoms with van der Waals surface area (Å²) < 4.78 is 28.2. The van der Waals surface area contributed by atoms with Crippen LogP contribution in [0.5, 0.6) is 0 Å². The van der Waals surface area contributed by atoms with Gasteiger partial charge in [0.25, 0.3) is 10.0 Å². The Balaban J connectivity index is 1.84. The maximum atomic E-state index is 12.9. The first-order valence-electron chi connectivity index (χ1n) is 9.25. The molecule has 1 aliphatic rings. The van der Waals surface area contributed by atoms with Gasteiger partial charge < -0.3 is 10.4 Å². The maximum Gasteiger partial charge on any atom is 0.307 e. The van der Waals surface area contributed by atoms with Crippen LogP contribution in [0.3, 0.4) is 0 Å². The predicted octanol–water partition coefficient (Wildman–Crippen LogP) is 4.05. The summed E-state index contributed by atoms with van der Waals surface area (Å²) in [6.07, 6.45) is 4.12. The number of amides is 1. The average Bonchev–Trinajstić information content (AvgIpc) is 2.71. The summed E-state index contributed by atoms with van der Waals surface area (Å²) in [5.41, 5.74) is 0.992. The Bertz CT molecular complexity index is 1110. The van der Waals surface area contributed by atoms with E-state index in [2.05, 4.69) is 10.0 Å². The van der Waals surface area contributed by atoms with E-state index >= 15 is 0 Å². The topological polar surface area (TPSA) is 113 Å². The molecule has 30 heavy (non-hydrogen) atoms. The number of rotatable bonds is 6. The summed E-state index contributed by atoms with van der Waals surface area (Å²) in [4.78, 5) is 24.1. The van der Waals surface area contributed by atoms with E-state index in [4.69, 9.17) is 11.6 Å². The summed E-state index contributed by atoms with van der Waals surface area (Å²) in [5, 5.41) is 12.3. The van der Waals surface area contributed by atoms with Crippen LogP contribution in [0.25, 0.3) is 0 Å². The lowest BCUT2D eigenvalue weighted by molar-refractivity contribution is -0.146. The van der Waals surface area contributed by atoms with Gasteiger partial charge in [0, 0.05) is 5.69 Å². The van der Waals surface area contributed by atoms with Crippen molar-refractivity contribution < 1.29 is 23.1 Å². The number of nitrogens with one attached hydrogen (secondary N) is 2. The molecule has 0 spiro atoms. The molecule has 1 aliphatic carbocycles. The van der Waals surface area contributed by atoms with Gasteiger partial charge in [-0.3, -0.25) is 14.3 Å². The number of carbonyl (C=O) groups excluding carboxylic acids is 1. The van der Waals surface area contributed by atoms with Crippen molar-refractivity contribution in [2.24, 2.45) is 11.8 Å². The second-order valence-corrected chi connectivity index (χ2v) is 9.11. The predicted molar refractivity (Wildman–Crippen MR) is 115 cm³/mol. The van der Waals surface area contributed by atoms with Crippen molar-refractivity contribution in [1.29, 1.82) is 0 Å². The molecule has 0 radical (unpaired) electrons. The fourth-order valence-corrected chi connectivity index (χ4v) is 4.91. The molecule has 0 aromatic heterocycles. The van der Waals surface area contributed by atoms with Gasteiger partial charge in [-0.2, -0.15) is 0 Å². The highest BCUT2D eigenvalue weighted by atomic mass is 35.5. The van der Waals surface area contributed by atoms with Crippen LogP contribution in [-0.2, 0) is 19.6 Å². The normalized spacial score (nSPS) is 18.6. The van der Waals surface area contributed by atoms with Crippen LogP contribution in [0, 0.1) is 18.8 Å². The molecule has 3 rings (SSSR count). The van der Waals surface area contributed by atoms with Gasteiger partial charge in [-0.1, -0.05) is 42.0 Å². The Morgan fingerprint density at radius 1 is 1.07 bits per heavy atom. The minimum atomic E-state index is -3.96. The molecule has 9 heteroatoms. The van der Waals surface area contributed by atoms with Crippen LogP contribution < -0.4 is 10.0 Å². The number of halogens is 1.